The molecule has 3 aromatic rings. The van der Waals surface area contributed by atoms with E-state index in [2.05, 4.69) is 95.8 Å². The van der Waals surface area contributed by atoms with Gasteiger partial charge in [0.05, 0.1) is 17.9 Å². The lowest BCUT2D eigenvalue weighted by Gasteiger charge is -2.27. The molecule has 5 nitrogen and oxygen atoms in total. The number of amides is 1. The fourth-order valence-corrected chi connectivity index (χ4v) is 4.96. The van der Waals surface area contributed by atoms with E-state index in [1.807, 2.05) is 27.0 Å². The van der Waals surface area contributed by atoms with Gasteiger partial charge in [-0.15, -0.1) is 0 Å². The highest BCUT2D eigenvalue weighted by Crippen LogP contribution is 2.35. The first-order chi connectivity index (χ1) is 15.9. The zero-order valence-electron chi connectivity index (χ0n) is 20.9. The molecule has 0 bridgehead atoms. The van der Waals surface area contributed by atoms with Crippen molar-refractivity contribution >= 4 is 28.7 Å². The Kier molecular flexibility index (Phi) is 6.82. The lowest BCUT2D eigenvalue weighted by Crippen LogP contribution is -2.36. The van der Waals surface area contributed by atoms with Gasteiger partial charge in [0.2, 0.25) is 0 Å². The summed E-state index contributed by atoms with van der Waals surface area (Å²) in [6.07, 6.45) is 3.42. The minimum atomic E-state index is -0.513. The van der Waals surface area contributed by atoms with Crippen LogP contribution < -0.4 is 0 Å². The minimum Gasteiger partial charge on any atom is -0.444 e. The third kappa shape index (κ3) is 5.48. The van der Waals surface area contributed by atoms with E-state index in [1.165, 1.54) is 20.3 Å². The molecule has 2 heterocycles. The number of hydrogen-bond acceptors (Lipinski definition) is 3. The van der Waals surface area contributed by atoms with Gasteiger partial charge in [0.1, 0.15) is 11.4 Å². The third-order valence-corrected chi connectivity index (χ3v) is 7.05. The highest BCUT2D eigenvalue weighted by molar-refractivity contribution is 14.1. The van der Waals surface area contributed by atoms with E-state index in [9.17, 15) is 4.79 Å². The van der Waals surface area contributed by atoms with Crippen LogP contribution in [0.3, 0.4) is 0 Å². The summed E-state index contributed by atoms with van der Waals surface area (Å²) in [5.41, 5.74) is 5.35. The van der Waals surface area contributed by atoms with Crippen LogP contribution in [0.1, 0.15) is 71.8 Å². The zero-order chi connectivity index (χ0) is 24.7. The van der Waals surface area contributed by atoms with Crippen molar-refractivity contribution in [1.82, 2.24) is 14.9 Å². The molecule has 180 valence electrons. The number of hydrogen-bond donors (Lipinski definition) is 1. The number of nitrogens with zero attached hydrogens (tertiary/aromatic N) is 2. The van der Waals surface area contributed by atoms with Gasteiger partial charge in [-0.3, -0.25) is 4.90 Å². The maximum Gasteiger partial charge on any atom is 0.410 e. The number of aromatic amines is 1. The molecule has 34 heavy (non-hydrogen) atoms. The number of nitrogens with one attached hydrogen (secondary N) is 1. The Morgan fingerprint density at radius 3 is 2.56 bits per heavy atom. The first kappa shape index (κ1) is 24.8. The smallest absolute Gasteiger partial charge is 0.410 e. The third-order valence-electron chi connectivity index (χ3n) is 6.11. The van der Waals surface area contributed by atoms with E-state index in [1.54, 1.807) is 4.90 Å². The Balaban J connectivity index is 1.62. The van der Waals surface area contributed by atoms with Crippen LogP contribution >= 0.6 is 22.6 Å². The molecule has 0 aliphatic carbocycles. The van der Waals surface area contributed by atoms with E-state index in [4.69, 9.17) is 4.74 Å². The fourth-order valence-electron chi connectivity index (χ4n) is 4.31. The number of imidazole rings is 1. The van der Waals surface area contributed by atoms with E-state index < -0.39 is 5.60 Å². The molecule has 2 aromatic carbocycles. The predicted molar refractivity (Wildman–Crippen MR) is 146 cm³/mol. The average molecular weight is 572 g/mol. The van der Waals surface area contributed by atoms with Crippen molar-refractivity contribution in [1.29, 1.82) is 0 Å². The van der Waals surface area contributed by atoms with Gasteiger partial charge < -0.3 is 9.72 Å². The average Bonchev–Trinajstić information content (AvgIpc) is 3.42. The zero-order valence-corrected chi connectivity index (χ0v) is 23.1. The summed E-state index contributed by atoms with van der Waals surface area (Å²) in [5, 5.41) is 0. The number of ether oxygens (including phenoxy) is 1. The van der Waals surface area contributed by atoms with Crippen molar-refractivity contribution in [3.05, 3.63) is 63.6 Å². The minimum absolute atomic E-state index is 0.0876. The lowest BCUT2D eigenvalue weighted by atomic mass is 9.85. The topological polar surface area (TPSA) is 58.2 Å². The maximum atomic E-state index is 12.7. The maximum absolute atomic E-state index is 12.7. The van der Waals surface area contributed by atoms with Crippen LogP contribution in [0.2, 0.25) is 0 Å². The molecular weight excluding hydrogens is 537 g/mol. The second kappa shape index (κ2) is 9.36. The van der Waals surface area contributed by atoms with Gasteiger partial charge in [-0.05, 0) is 90.4 Å². The van der Waals surface area contributed by atoms with Crippen LogP contribution in [0.25, 0.3) is 22.4 Å². The number of H-pyrrole nitrogens is 1. The molecule has 1 fully saturated rings. The van der Waals surface area contributed by atoms with Gasteiger partial charge in [0, 0.05) is 15.7 Å². The molecule has 1 aliphatic rings. The monoisotopic (exact) mass is 571 g/mol. The van der Waals surface area contributed by atoms with Crippen LogP contribution in [0, 0.1) is 3.57 Å². The normalized spacial score (nSPS) is 16.7. The van der Waals surface area contributed by atoms with Crippen LogP contribution in [-0.2, 0) is 10.2 Å². The van der Waals surface area contributed by atoms with Gasteiger partial charge in [-0.1, -0.05) is 51.1 Å². The van der Waals surface area contributed by atoms with E-state index in [0.29, 0.717) is 6.54 Å². The van der Waals surface area contributed by atoms with Gasteiger partial charge in [-0.25, -0.2) is 9.78 Å². The number of aromatic nitrogens is 2. The van der Waals surface area contributed by atoms with Crippen LogP contribution in [0.4, 0.5) is 4.79 Å². The number of benzene rings is 2. The van der Waals surface area contributed by atoms with Crippen molar-refractivity contribution in [2.24, 2.45) is 0 Å². The second-order valence-corrected chi connectivity index (χ2v) is 12.2. The summed E-state index contributed by atoms with van der Waals surface area (Å²) in [5.74, 6) is 0.813. The predicted octanol–water partition coefficient (Wildman–Crippen LogP) is 7.72. The summed E-state index contributed by atoms with van der Waals surface area (Å²) in [6, 6.07) is 15.2. The van der Waals surface area contributed by atoms with Gasteiger partial charge in [-0.2, -0.15) is 0 Å². The Morgan fingerprint density at radius 1 is 1.09 bits per heavy atom. The molecule has 1 aromatic heterocycles. The number of rotatable bonds is 3. The van der Waals surface area contributed by atoms with E-state index in [0.717, 1.165) is 29.9 Å². The van der Waals surface area contributed by atoms with E-state index in [-0.39, 0.29) is 17.6 Å². The summed E-state index contributed by atoms with van der Waals surface area (Å²) in [6.45, 7) is 13.1. The highest BCUT2D eigenvalue weighted by Gasteiger charge is 2.34. The molecule has 4 rings (SSSR count). The first-order valence-corrected chi connectivity index (χ1v) is 13.0. The van der Waals surface area contributed by atoms with Crippen LogP contribution in [0.5, 0.6) is 0 Å². The van der Waals surface area contributed by atoms with Gasteiger partial charge in [0.15, 0.2) is 0 Å². The van der Waals surface area contributed by atoms with Crippen molar-refractivity contribution < 1.29 is 9.53 Å². The van der Waals surface area contributed by atoms with E-state index >= 15 is 0 Å². The summed E-state index contributed by atoms with van der Waals surface area (Å²) in [7, 11) is 0. The van der Waals surface area contributed by atoms with Crippen molar-refractivity contribution in [3.63, 3.8) is 0 Å². The molecule has 1 N–H and O–H groups in total. The molecule has 1 amide bonds. The Morgan fingerprint density at radius 2 is 1.85 bits per heavy atom. The van der Waals surface area contributed by atoms with Crippen molar-refractivity contribution in [2.45, 2.75) is 71.4 Å². The number of likely N-dealkylation sites (tertiary alicyclic amines) is 1. The van der Waals surface area contributed by atoms with Crippen molar-refractivity contribution in [3.8, 4) is 22.4 Å². The molecule has 1 saturated heterocycles. The molecule has 1 aliphatic heterocycles. The summed E-state index contributed by atoms with van der Waals surface area (Å²) in [4.78, 5) is 22.7. The fraction of sp³-hybridized carbons (Fsp3) is 0.429. The van der Waals surface area contributed by atoms with Gasteiger partial charge in [0.25, 0.3) is 0 Å². The summed E-state index contributed by atoms with van der Waals surface area (Å²) < 4.78 is 6.83. The largest absolute Gasteiger partial charge is 0.444 e. The molecule has 0 unspecified atom stereocenters. The molecule has 0 radical (unpaired) electrons. The molecular formula is C28H34IN3O2. The molecule has 1 atom stereocenters. The number of halogens is 1. The Labute approximate surface area is 216 Å². The van der Waals surface area contributed by atoms with Gasteiger partial charge >= 0.3 is 6.09 Å². The lowest BCUT2D eigenvalue weighted by molar-refractivity contribution is 0.0218. The number of carbonyl (C=O) groups excluding carboxylic acids is 1. The van der Waals surface area contributed by atoms with Crippen LogP contribution in [0.15, 0.2) is 48.7 Å². The quantitative estimate of drug-likeness (QED) is 0.328. The van der Waals surface area contributed by atoms with Crippen LogP contribution in [-0.4, -0.2) is 33.1 Å². The molecule has 6 heteroatoms. The molecule has 0 saturated carbocycles. The second-order valence-electron chi connectivity index (χ2n) is 11.0. The standard InChI is InChI=1S/C28H34IN3O2/c1-27(2,3)20-10-7-9-18(15-20)21-16-19(12-13-22(21)29)23-17-30-25(31-23)24-11-8-14-32(24)26(33)34-28(4,5)6/h7,9-10,12-13,15-17,24H,8,11,14H2,1-6H3,(H,30,31)/t24-/m0/s1. The number of carbonyl (C=O) groups is 1. The first-order valence-electron chi connectivity index (χ1n) is 11.9. The Bertz CT molecular complexity index is 1190. The SMILES string of the molecule is CC(C)(C)OC(=O)N1CCC[C@H]1c1ncc(-c2ccc(I)c(-c3cccc(C(C)(C)C)c3)c2)[nH]1. The Hall–Kier alpha value is -2.35. The molecule has 0 spiro atoms. The summed E-state index contributed by atoms with van der Waals surface area (Å²) >= 11 is 2.41. The van der Waals surface area contributed by atoms with Crippen molar-refractivity contribution in [2.75, 3.05) is 6.54 Å². The highest BCUT2D eigenvalue weighted by atomic mass is 127.